The molecular weight excluding hydrogens is 222 g/mol. The Labute approximate surface area is 112 Å². The van der Waals surface area contributed by atoms with Gasteiger partial charge in [0.1, 0.15) is 0 Å². The summed E-state index contributed by atoms with van der Waals surface area (Å²) >= 11 is 0. The first kappa shape index (κ1) is 15.0. The molecule has 2 heteroatoms. The lowest BCUT2D eigenvalue weighted by Crippen LogP contribution is -2.31. The van der Waals surface area contributed by atoms with Crippen LogP contribution in [0, 0.1) is 5.92 Å². The Morgan fingerprint density at radius 1 is 1.39 bits per heavy atom. The highest BCUT2D eigenvalue weighted by molar-refractivity contribution is 5.75. The third kappa shape index (κ3) is 5.52. The van der Waals surface area contributed by atoms with E-state index in [-0.39, 0.29) is 5.91 Å². The van der Waals surface area contributed by atoms with Gasteiger partial charge < -0.3 is 4.90 Å². The minimum atomic E-state index is 0.275. The Kier molecular flexibility index (Phi) is 7.47. The van der Waals surface area contributed by atoms with Crippen molar-refractivity contribution in [1.82, 2.24) is 4.90 Å². The molecule has 0 fully saturated rings. The molecule has 1 amide bonds. The summed E-state index contributed by atoms with van der Waals surface area (Å²) in [6, 6.07) is 0. The van der Waals surface area contributed by atoms with Crippen LogP contribution in [0.5, 0.6) is 0 Å². The molecule has 0 spiro atoms. The summed E-state index contributed by atoms with van der Waals surface area (Å²) in [5.74, 6) is 0.955. The van der Waals surface area contributed by atoms with Gasteiger partial charge in [-0.05, 0) is 31.6 Å². The number of hydrogen-bond donors (Lipinski definition) is 0. The van der Waals surface area contributed by atoms with E-state index in [4.69, 9.17) is 0 Å². The number of carbonyl (C=O) groups excluding carboxylic acids is 1. The molecule has 102 valence electrons. The van der Waals surface area contributed by atoms with Crippen LogP contribution in [-0.2, 0) is 4.79 Å². The first-order valence-electron chi connectivity index (χ1n) is 7.37. The highest BCUT2D eigenvalue weighted by Crippen LogP contribution is 2.19. The van der Waals surface area contributed by atoms with E-state index in [0.717, 1.165) is 32.4 Å². The molecular formula is C16H27NO. The van der Waals surface area contributed by atoms with Crippen LogP contribution in [0.3, 0.4) is 0 Å². The molecule has 18 heavy (non-hydrogen) atoms. The Hall–Kier alpha value is -1.05. The van der Waals surface area contributed by atoms with Crippen LogP contribution >= 0.6 is 0 Å². The summed E-state index contributed by atoms with van der Waals surface area (Å²) in [5.41, 5.74) is 0. The molecule has 0 N–H and O–H groups in total. The molecule has 0 aromatic rings. The summed E-state index contributed by atoms with van der Waals surface area (Å²) in [4.78, 5) is 13.8. The summed E-state index contributed by atoms with van der Waals surface area (Å²) in [5, 5.41) is 0. The van der Waals surface area contributed by atoms with Crippen molar-refractivity contribution >= 4 is 5.91 Å². The normalized spacial score (nSPS) is 19.3. The van der Waals surface area contributed by atoms with Gasteiger partial charge in [-0.15, -0.1) is 0 Å². The van der Waals surface area contributed by atoms with E-state index in [1.54, 1.807) is 0 Å². The fourth-order valence-corrected chi connectivity index (χ4v) is 2.26. The lowest BCUT2D eigenvalue weighted by molar-refractivity contribution is -0.130. The number of rotatable bonds is 7. The monoisotopic (exact) mass is 249 g/mol. The molecule has 0 bridgehead atoms. The maximum atomic E-state index is 11.8. The van der Waals surface area contributed by atoms with Gasteiger partial charge in [0, 0.05) is 19.5 Å². The summed E-state index contributed by atoms with van der Waals surface area (Å²) in [6.07, 6.45) is 15.5. The first-order chi connectivity index (χ1) is 8.77. The topological polar surface area (TPSA) is 20.3 Å². The van der Waals surface area contributed by atoms with Gasteiger partial charge in [0.2, 0.25) is 5.91 Å². The van der Waals surface area contributed by atoms with Crippen LogP contribution < -0.4 is 0 Å². The second-order valence-electron chi connectivity index (χ2n) is 5.02. The van der Waals surface area contributed by atoms with Gasteiger partial charge in [-0.2, -0.15) is 0 Å². The standard InChI is InChI=1S/C16H27NO/c1-3-5-13-17(16(18)4-2)14-9-12-15-10-7-6-8-11-15/h6-7,9,12,15H,3-5,8,10-11,13-14H2,1-2H3/b12-9-. The lowest BCUT2D eigenvalue weighted by Gasteiger charge is -2.21. The summed E-state index contributed by atoms with van der Waals surface area (Å²) < 4.78 is 0. The molecule has 1 rings (SSSR count). The second kappa shape index (κ2) is 8.96. The van der Waals surface area contributed by atoms with Gasteiger partial charge in [0.25, 0.3) is 0 Å². The Morgan fingerprint density at radius 3 is 2.83 bits per heavy atom. The first-order valence-corrected chi connectivity index (χ1v) is 7.37. The van der Waals surface area contributed by atoms with Crippen molar-refractivity contribution in [3.63, 3.8) is 0 Å². The molecule has 0 aliphatic heterocycles. The van der Waals surface area contributed by atoms with E-state index in [1.165, 1.54) is 12.8 Å². The average Bonchev–Trinajstić information content (AvgIpc) is 2.43. The third-order valence-electron chi connectivity index (χ3n) is 3.48. The highest BCUT2D eigenvalue weighted by Gasteiger charge is 2.09. The van der Waals surface area contributed by atoms with Crippen molar-refractivity contribution in [3.8, 4) is 0 Å². The van der Waals surface area contributed by atoms with Crippen molar-refractivity contribution < 1.29 is 4.79 Å². The van der Waals surface area contributed by atoms with E-state index >= 15 is 0 Å². The summed E-state index contributed by atoms with van der Waals surface area (Å²) in [7, 11) is 0. The molecule has 1 atom stereocenters. The van der Waals surface area contributed by atoms with Crippen LogP contribution in [0.2, 0.25) is 0 Å². The van der Waals surface area contributed by atoms with Gasteiger partial charge in [-0.25, -0.2) is 0 Å². The van der Waals surface area contributed by atoms with Crippen molar-refractivity contribution in [1.29, 1.82) is 0 Å². The number of unbranched alkanes of at least 4 members (excludes halogenated alkanes) is 1. The average molecular weight is 249 g/mol. The predicted molar refractivity (Wildman–Crippen MR) is 77.4 cm³/mol. The molecule has 1 unspecified atom stereocenters. The molecule has 0 saturated heterocycles. The molecule has 2 nitrogen and oxygen atoms in total. The molecule has 0 heterocycles. The SMILES string of the molecule is CCCCN(C/C=C\C1CC=CCC1)C(=O)CC. The molecule has 0 saturated carbocycles. The smallest absolute Gasteiger partial charge is 0.222 e. The largest absolute Gasteiger partial charge is 0.339 e. The van der Waals surface area contributed by atoms with Crippen LogP contribution in [0.1, 0.15) is 52.4 Å². The van der Waals surface area contributed by atoms with Gasteiger partial charge in [-0.1, -0.05) is 44.6 Å². The van der Waals surface area contributed by atoms with Crippen molar-refractivity contribution in [3.05, 3.63) is 24.3 Å². The second-order valence-corrected chi connectivity index (χ2v) is 5.02. The molecule has 1 aliphatic carbocycles. The maximum Gasteiger partial charge on any atom is 0.222 e. The zero-order chi connectivity index (χ0) is 13.2. The number of allylic oxidation sites excluding steroid dienone is 3. The van der Waals surface area contributed by atoms with Gasteiger partial charge in [0.05, 0.1) is 0 Å². The van der Waals surface area contributed by atoms with Gasteiger partial charge in [0.15, 0.2) is 0 Å². The minimum absolute atomic E-state index is 0.275. The van der Waals surface area contributed by atoms with E-state index in [0.29, 0.717) is 12.3 Å². The fourth-order valence-electron chi connectivity index (χ4n) is 2.26. The highest BCUT2D eigenvalue weighted by atomic mass is 16.2. The van der Waals surface area contributed by atoms with Crippen molar-refractivity contribution in [2.45, 2.75) is 52.4 Å². The van der Waals surface area contributed by atoms with Crippen LogP contribution in [-0.4, -0.2) is 23.9 Å². The van der Waals surface area contributed by atoms with Gasteiger partial charge in [-0.3, -0.25) is 4.79 Å². The molecule has 0 radical (unpaired) electrons. The summed E-state index contributed by atoms with van der Waals surface area (Å²) in [6.45, 7) is 5.79. The van der Waals surface area contributed by atoms with Crippen molar-refractivity contribution in [2.75, 3.05) is 13.1 Å². The van der Waals surface area contributed by atoms with Crippen LogP contribution in [0.15, 0.2) is 24.3 Å². The molecule has 1 aliphatic rings. The predicted octanol–water partition coefficient (Wildman–Crippen LogP) is 3.94. The van der Waals surface area contributed by atoms with Crippen LogP contribution in [0.25, 0.3) is 0 Å². The minimum Gasteiger partial charge on any atom is -0.339 e. The van der Waals surface area contributed by atoms with E-state index in [9.17, 15) is 4.79 Å². The fraction of sp³-hybridized carbons (Fsp3) is 0.688. The van der Waals surface area contributed by atoms with Gasteiger partial charge >= 0.3 is 0 Å². The quantitative estimate of drug-likeness (QED) is 0.626. The number of hydrogen-bond acceptors (Lipinski definition) is 1. The Bertz CT molecular complexity index is 293. The van der Waals surface area contributed by atoms with E-state index < -0.39 is 0 Å². The van der Waals surface area contributed by atoms with E-state index in [2.05, 4.69) is 31.2 Å². The third-order valence-corrected chi connectivity index (χ3v) is 3.48. The van der Waals surface area contributed by atoms with Crippen molar-refractivity contribution in [2.24, 2.45) is 5.92 Å². The number of carbonyl (C=O) groups is 1. The lowest BCUT2D eigenvalue weighted by atomic mass is 9.94. The number of nitrogens with zero attached hydrogens (tertiary/aromatic N) is 1. The zero-order valence-electron chi connectivity index (χ0n) is 11.9. The maximum absolute atomic E-state index is 11.8. The van der Waals surface area contributed by atoms with E-state index in [1.807, 2.05) is 11.8 Å². The van der Waals surface area contributed by atoms with Crippen LogP contribution in [0.4, 0.5) is 0 Å². The molecule has 0 aromatic carbocycles. The Balaban J connectivity index is 2.37. The number of amides is 1. The molecule has 0 aromatic heterocycles. The Morgan fingerprint density at radius 2 is 2.22 bits per heavy atom. The zero-order valence-corrected chi connectivity index (χ0v) is 11.9.